The number of benzene rings is 1. The van der Waals surface area contributed by atoms with Crippen LogP contribution in [0.3, 0.4) is 0 Å². The van der Waals surface area contributed by atoms with Crippen LogP contribution >= 0.6 is 15.9 Å². The van der Waals surface area contributed by atoms with E-state index in [1.165, 1.54) is 6.07 Å². The number of hydrogen-bond acceptors (Lipinski definition) is 1. The van der Waals surface area contributed by atoms with Gasteiger partial charge in [0.25, 0.3) is 5.91 Å². The van der Waals surface area contributed by atoms with Crippen LogP contribution in [0.1, 0.15) is 23.2 Å². The Morgan fingerprint density at radius 1 is 1.35 bits per heavy atom. The molecule has 0 aromatic heterocycles. The summed E-state index contributed by atoms with van der Waals surface area (Å²) in [5, 5.41) is 3.38. The second-order valence-corrected chi connectivity index (χ2v) is 4.97. The third-order valence-electron chi connectivity index (χ3n) is 3.05. The van der Waals surface area contributed by atoms with E-state index in [0.29, 0.717) is 6.54 Å². The van der Waals surface area contributed by atoms with Gasteiger partial charge in [-0.25, -0.2) is 8.78 Å². The molecule has 0 bridgehead atoms. The maximum absolute atomic E-state index is 13.3. The number of hydrogen-bond donors (Lipinski definition) is 1. The van der Waals surface area contributed by atoms with Gasteiger partial charge >= 0.3 is 0 Å². The fourth-order valence-corrected chi connectivity index (χ4v) is 2.36. The van der Waals surface area contributed by atoms with Gasteiger partial charge in [-0.2, -0.15) is 0 Å². The molecule has 1 aromatic carbocycles. The van der Waals surface area contributed by atoms with Gasteiger partial charge in [0, 0.05) is 11.9 Å². The molecular formula is C12H12BrF2NO. The molecule has 5 heteroatoms. The van der Waals surface area contributed by atoms with E-state index in [4.69, 9.17) is 0 Å². The number of nitrogens with one attached hydrogen (secondary N) is 1. The van der Waals surface area contributed by atoms with Crippen LogP contribution in [0.25, 0.3) is 0 Å². The smallest absolute Gasteiger partial charge is 0.257 e. The summed E-state index contributed by atoms with van der Waals surface area (Å²) in [6.45, 7) is 0.449. The first-order valence-corrected chi connectivity index (χ1v) is 6.48. The van der Waals surface area contributed by atoms with Crippen LogP contribution in [0.4, 0.5) is 8.78 Å². The Morgan fingerprint density at radius 3 is 2.41 bits per heavy atom. The first-order chi connectivity index (χ1) is 8.08. The van der Waals surface area contributed by atoms with Gasteiger partial charge in [-0.05, 0) is 30.4 Å². The largest absolute Gasteiger partial charge is 0.351 e. The van der Waals surface area contributed by atoms with E-state index in [1.54, 1.807) is 0 Å². The summed E-state index contributed by atoms with van der Waals surface area (Å²) in [5.74, 6) is -2.34. The topological polar surface area (TPSA) is 29.1 Å². The minimum absolute atomic E-state index is 0.0807. The van der Waals surface area contributed by atoms with Gasteiger partial charge in [0.2, 0.25) is 0 Å². The minimum Gasteiger partial charge on any atom is -0.351 e. The molecule has 0 aliphatic heterocycles. The fourth-order valence-electron chi connectivity index (χ4n) is 1.61. The highest BCUT2D eigenvalue weighted by Crippen LogP contribution is 2.46. The monoisotopic (exact) mass is 303 g/mol. The summed E-state index contributed by atoms with van der Waals surface area (Å²) in [6, 6.07) is 3.40. The van der Waals surface area contributed by atoms with Gasteiger partial charge in [-0.3, -0.25) is 4.79 Å². The Labute approximate surface area is 107 Å². The van der Waals surface area contributed by atoms with E-state index in [-0.39, 0.29) is 5.41 Å². The molecule has 1 amide bonds. The summed E-state index contributed by atoms with van der Waals surface area (Å²) >= 11 is 3.37. The lowest BCUT2D eigenvalue weighted by atomic mass is 10.1. The number of halogens is 3. The highest BCUT2D eigenvalue weighted by atomic mass is 79.9. The molecule has 0 unspecified atom stereocenters. The second kappa shape index (κ2) is 4.72. The van der Waals surface area contributed by atoms with Gasteiger partial charge < -0.3 is 5.32 Å². The first-order valence-electron chi connectivity index (χ1n) is 5.36. The van der Waals surface area contributed by atoms with Gasteiger partial charge in [0.15, 0.2) is 0 Å². The molecule has 2 rings (SSSR count). The Kier molecular flexibility index (Phi) is 3.47. The fraction of sp³-hybridized carbons (Fsp3) is 0.417. The molecule has 0 atom stereocenters. The number of amides is 1. The van der Waals surface area contributed by atoms with Crippen molar-refractivity contribution >= 4 is 21.8 Å². The Bertz CT molecular complexity index is 426. The van der Waals surface area contributed by atoms with E-state index in [9.17, 15) is 13.6 Å². The molecule has 1 N–H and O–H groups in total. The van der Waals surface area contributed by atoms with E-state index >= 15 is 0 Å². The summed E-state index contributed by atoms with van der Waals surface area (Å²) in [6.07, 6.45) is 2.05. The molecule has 17 heavy (non-hydrogen) atoms. The lowest BCUT2D eigenvalue weighted by Gasteiger charge is -2.13. The predicted molar refractivity (Wildman–Crippen MR) is 64.2 cm³/mol. The van der Waals surface area contributed by atoms with Crippen LogP contribution in [0.2, 0.25) is 0 Å². The summed E-state index contributed by atoms with van der Waals surface area (Å²) in [4.78, 5) is 11.7. The third kappa shape index (κ3) is 2.65. The summed E-state index contributed by atoms with van der Waals surface area (Å²) in [7, 11) is 0. The molecule has 2 nitrogen and oxygen atoms in total. The normalized spacial score (nSPS) is 16.6. The molecular weight excluding hydrogens is 292 g/mol. The molecule has 1 saturated carbocycles. The molecule has 92 valence electrons. The van der Waals surface area contributed by atoms with Gasteiger partial charge in [-0.1, -0.05) is 22.0 Å². The van der Waals surface area contributed by atoms with Crippen molar-refractivity contribution in [3.05, 3.63) is 35.4 Å². The van der Waals surface area contributed by atoms with Gasteiger partial charge in [0.1, 0.15) is 17.2 Å². The van der Waals surface area contributed by atoms with E-state index in [0.717, 1.165) is 30.3 Å². The molecule has 1 aliphatic rings. The molecule has 0 saturated heterocycles. The maximum Gasteiger partial charge on any atom is 0.257 e. The summed E-state index contributed by atoms with van der Waals surface area (Å²) in [5.41, 5.74) is -0.421. The average molecular weight is 304 g/mol. The number of carbonyl (C=O) groups excluding carboxylic acids is 1. The van der Waals surface area contributed by atoms with Crippen molar-refractivity contribution in [2.45, 2.75) is 12.8 Å². The number of rotatable bonds is 4. The lowest BCUT2D eigenvalue weighted by molar-refractivity contribution is 0.0938. The SMILES string of the molecule is O=C(NCC1(CBr)CC1)c1c(F)cccc1F. The zero-order valence-corrected chi connectivity index (χ0v) is 10.7. The average Bonchev–Trinajstić information content (AvgIpc) is 3.07. The maximum atomic E-state index is 13.3. The van der Waals surface area contributed by atoms with Crippen molar-refractivity contribution in [2.24, 2.45) is 5.41 Å². The van der Waals surface area contributed by atoms with Crippen LogP contribution in [-0.2, 0) is 0 Å². The molecule has 0 heterocycles. The number of carbonyl (C=O) groups is 1. The zero-order valence-electron chi connectivity index (χ0n) is 9.10. The first kappa shape index (κ1) is 12.5. The summed E-state index contributed by atoms with van der Waals surface area (Å²) < 4.78 is 26.6. The zero-order chi connectivity index (χ0) is 12.5. The van der Waals surface area contributed by atoms with Crippen molar-refractivity contribution in [3.8, 4) is 0 Å². The van der Waals surface area contributed by atoms with Crippen LogP contribution < -0.4 is 5.32 Å². The van der Waals surface area contributed by atoms with E-state index in [2.05, 4.69) is 21.2 Å². The lowest BCUT2D eigenvalue weighted by Crippen LogP contribution is -2.32. The van der Waals surface area contributed by atoms with Crippen LogP contribution in [0.5, 0.6) is 0 Å². The Balaban J connectivity index is 2.05. The highest BCUT2D eigenvalue weighted by molar-refractivity contribution is 9.09. The minimum atomic E-state index is -0.828. The molecule has 0 spiro atoms. The van der Waals surface area contributed by atoms with E-state index < -0.39 is 23.1 Å². The van der Waals surface area contributed by atoms with Crippen molar-refractivity contribution in [2.75, 3.05) is 11.9 Å². The van der Waals surface area contributed by atoms with Crippen LogP contribution in [0.15, 0.2) is 18.2 Å². The molecule has 1 fully saturated rings. The number of alkyl halides is 1. The Morgan fingerprint density at radius 2 is 1.94 bits per heavy atom. The predicted octanol–water partition coefficient (Wildman–Crippen LogP) is 2.87. The van der Waals surface area contributed by atoms with Crippen molar-refractivity contribution in [1.29, 1.82) is 0 Å². The third-order valence-corrected chi connectivity index (χ3v) is 4.24. The van der Waals surface area contributed by atoms with Crippen molar-refractivity contribution in [1.82, 2.24) is 5.32 Å². The van der Waals surface area contributed by atoms with Gasteiger partial charge in [-0.15, -0.1) is 0 Å². The van der Waals surface area contributed by atoms with Gasteiger partial charge in [0.05, 0.1) is 0 Å². The molecule has 1 aromatic rings. The highest BCUT2D eigenvalue weighted by Gasteiger charge is 2.41. The van der Waals surface area contributed by atoms with Crippen molar-refractivity contribution in [3.63, 3.8) is 0 Å². The standard InChI is InChI=1S/C12H12BrF2NO/c13-6-12(4-5-12)7-16-11(17)10-8(14)2-1-3-9(10)15/h1-3H,4-7H2,(H,16,17). The van der Waals surface area contributed by atoms with Crippen LogP contribution in [0, 0.1) is 17.0 Å². The van der Waals surface area contributed by atoms with Crippen LogP contribution in [-0.4, -0.2) is 17.8 Å². The molecule has 0 radical (unpaired) electrons. The Hall–Kier alpha value is -0.970. The van der Waals surface area contributed by atoms with Crippen molar-refractivity contribution < 1.29 is 13.6 Å². The van der Waals surface area contributed by atoms with E-state index in [1.807, 2.05) is 0 Å². The second-order valence-electron chi connectivity index (χ2n) is 4.41. The molecule has 1 aliphatic carbocycles. The quantitative estimate of drug-likeness (QED) is 0.852.